The maximum atomic E-state index is 11.4. The van der Waals surface area contributed by atoms with Gasteiger partial charge in [-0.1, -0.05) is 6.92 Å². The van der Waals surface area contributed by atoms with Crippen LogP contribution in [0.5, 0.6) is 0 Å². The molecule has 0 aliphatic carbocycles. The molecular formula is C10H13N3O. The standard InChI is InChI=1S/C10H13N3O/c1-2-8(6-11)10(14)13-7-9-4-3-5-12-9/h3-5,8,12H,2,7H2,1H3,(H,13,14). The van der Waals surface area contributed by atoms with Crippen molar-refractivity contribution in [3.05, 3.63) is 24.0 Å². The number of hydrogen-bond donors (Lipinski definition) is 2. The van der Waals surface area contributed by atoms with E-state index in [2.05, 4.69) is 10.3 Å². The maximum Gasteiger partial charge on any atom is 0.237 e. The number of amides is 1. The van der Waals surface area contributed by atoms with Gasteiger partial charge in [-0.05, 0) is 18.6 Å². The van der Waals surface area contributed by atoms with Crippen LogP contribution in [0.4, 0.5) is 0 Å². The van der Waals surface area contributed by atoms with E-state index in [1.807, 2.05) is 25.1 Å². The Balaban J connectivity index is 2.39. The largest absolute Gasteiger partial charge is 0.364 e. The van der Waals surface area contributed by atoms with Gasteiger partial charge in [-0.15, -0.1) is 0 Å². The number of nitriles is 1. The fourth-order valence-electron chi connectivity index (χ4n) is 1.12. The van der Waals surface area contributed by atoms with Crippen molar-refractivity contribution in [1.82, 2.24) is 10.3 Å². The van der Waals surface area contributed by atoms with Gasteiger partial charge in [0.1, 0.15) is 5.92 Å². The Hall–Kier alpha value is -1.76. The van der Waals surface area contributed by atoms with Crippen LogP contribution in [0.25, 0.3) is 0 Å². The maximum absolute atomic E-state index is 11.4. The molecule has 4 heteroatoms. The molecule has 74 valence electrons. The van der Waals surface area contributed by atoms with Gasteiger partial charge < -0.3 is 10.3 Å². The van der Waals surface area contributed by atoms with Gasteiger partial charge in [-0.25, -0.2) is 0 Å². The van der Waals surface area contributed by atoms with E-state index in [1.165, 1.54) is 0 Å². The fraction of sp³-hybridized carbons (Fsp3) is 0.400. The second-order valence-electron chi connectivity index (χ2n) is 3.00. The number of nitrogens with zero attached hydrogens (tertiary/aromatic N) is 1. The van der Waals surface area contributed by atoms with E-state index in [4.69, 9.17) is 5.26 Å². The van der Waals surface area contributed by atoms with Crippen LogP contribution in [-0.2, 0) is 11.3 Å². The quantitative estimate of drug-likeness (QED) is 0.750. The van der Waals surface area contributed by atoms with E-state index in [1.54, 1.807) is 6.20 Å². The summed E-state index contributed by atoms with van der Waals surface area (Å²) in [5, 5.41) is 11.3. The molecule has 0 saturated heterocycles. The molecule has 4 nitrogen and oxygen atoms in total. The van der Waals surface area contributed by atoms with Gasteiger partial charge in [-0.3, -0.25) is 4.79 Å². The van der Waals surface area contributed by atoms with Crippen LogP contribution in [0.3, 0.4) is 0 Å². The summed E-state index contributed by atoms with van der Waals surface area (Å²) in [7, 11) is 0. The number of carbonyl (C=O) groups is 1. The van der Waals surface area contributed by atoms with Crippen molar-refractivity contribution in [3.63, 3.8) is 0 Å². The van der Waals surface area contributed by atoms with Crippen molar-refractivity contribution in [3.8, 4) is 6.07 Å². The summed E-state index contributed by atoms with van der Waals surface area (Å²) >= 11 is 0. The summed E-state index contributed by atoms with van der Waals surface area (Å²) in [5.41, 5.74) is 0.936. The molecule has 0 bridgehead atoms. The molecule has 0 fully saturated rings. The van der Waals surface area contributed by atoms with Crippen LogP contribution in [0.1, 0.15) is 19.0 Å². The highest BCUT2D eigenvalue weighted by Crippen LogP contribution is 2.01. The first-order valence-corrected chi connectivity index (χ1v) is 4.57. The second-order valence-corrected chi connectivity index (χ2v) is 3.00. The van der Waals surface area contributed by atoms with Crippen molar-refractivity contribution >= 4 is 5.91 Å². The SMILES string of the molecule is CCC(C#N)C(=O)NCc1ccc[nH]1. The molecule has 1 aromatic rings. The lowest BCUT2D eigenvalue weighted by atomic mass is 10.1. The number of nitrogens with one attached hydrogen (secondary N) is 2. The molecular weight excluding hydrogens is 178 g/mol. The van der Waals surface area contributed by atoms with Crippen LogP contribution in [-0.4, -0.2) is 10.9 Å². The molecule has 2 N–H and O–H groups in total. The zero-order valence-electron chi connectivity index (χ0n) is 8.08. The van der Waals surface area contributed by atoms with Gasteiger partial charge in [0, 0.05) is 11.9 Å². The fourth-order valence-corrected chi connectivity index (χ4v) is 1.12. The zero-order chi connectivity index (χ0) is 10.4. The van der Waals surface area contributed by atoms with Gasteiger partial charge in [0.05, 0.1) is 12.6 Å². The van der Waals surface area contributed by atoms with Gasteiger partial charge in [-0.2, -0.15) is 5.26 Å². The summed E-state index contributed by atoms with van der Waals surface area (Å²) in [6.07, 6.45) is 2.34. The molecule has 0 radical (unpaired) electrons. The Morgan fingerprint density at radius 3 is 3.07 bits per heavy atom. The van der Waals surface area contributed by atoms with Crippen LogP contribution in [0, 0.1) is 17.2 Å². The minimum absolute atomic E-state index is 0.204. The normalized spacial score (nSPS) is 11.7. The highest BCUT2D eigenvalue weighted by atomic mass is 16.1. The van der Waals surface area contributed by atoms with Crippen LogP contribution in [0.2, 0.25) is 0 Å². The second kappa shape index (κ2) is 5.07. The molecule has 1 unspecified atom stereocenters. The molecule has 0 aliphatic heterocycles. The molecule has 0 aromatic carbocycles. The molecule has 1 heterocycles. The number of aromatic amines is 1. The summed E-state index contributed by atoms with van der Waals surface area (Å²) in [6, 6.07) is 5.71. The van der Waals surface area contributed by atoms with Crippen LogP contribution in [0.15, 0.2) is 18.3 Å². The number of carbonyl (C=O) groups excluding carboxylic acids is 1. The van der Waals surface area contributed by atoms with Gasteiger partial charge in [0.25, 0.3) is 0 Å². The average Bonchev–Trinajstić information content (AvgIpc) is 2.69. The van der Waals surface area contributed by atoms with E-state index in [0.29, 0.717) is 13.0 Å². The van der Waals surface area contributed by atoms with Crippen LogP contribution < -0.4 is 5.32 Å². The third-order valence-electron chi connectivity index (χ3n) is 2.00. The molecule has 0 saturated carbocycles. The van der Waals surface area contributed by atoms with Crippen molar-refractivity contribution < 1.29 is 4.79 Å². The Labute approximate surface area is 82.9 Å². The predicted molar refractivity (Wildman–Crippen MR) is 52.0 cm³/mol. The topological polar surface area (TPSA) is 68.7 Å². The number of rotatable bonds is 4. The third-order valence-corrected chi connectivity index (χ3v) is 2.00. The van der Waals surface area contributed by atoms with Crippen LogP contribution >= 0.6 is 0 Å². The Bertz CT molecular complexity index is 324. The summed E-state index contributed by atoms with van der Waals surface area (Å²) in [6.45, 7) is 2.27. The van der Waals surface area contributed by atoms with Gasteiger partial charge >= 0.3 is 0 Å². The zero-order valence-corrected chi connectivity index (χ0v) is 8.08. The van der Waals surface area contributed by atoms with E-state index < -0.39 is 5.92 Å². The van der Waals surface area contributed by atoms with Gasteiger partial charge in [0.15, 0.2) is 0 Å². The first kappa shape index (κ1) is 10.3. The van der Waals surface area contributed by atoms with Crippen molar-refractivity contribution in [2.24, 2.45) is 5.92 Å². The molecule has 0 spiro atoms. The van der Waals surface area contributed by atoms with Crippen molar-refractivity contribution in [1.29, 1.82) is 5.26 Å². The van der Waals surface area contributed by atoms with E-state index >= 15 is 0 Å². The molecule has 14 heavy (non-hydrogen) atoms. The Morgan fingerprint density at radius 1 is 1.79 bits per heavy atom. The lowest BCUT2D eigenvalue weighted by molar-refractivity contribution is -0.123. The number of aromatic nitrogens is 1. The highest BCUT2D eigenvalue weighted by Gasteiger charge is 2.14. The Morgan fingerprint density at radius 2 is 2.57 bits per heavy atom. The van der Waals surface area contributed by atoms with E-state index in [-0.39, 0.29) is 5.91 Å². The number of H-pyrrole nitrogens is 1. The minimum atomic E-state index is -0.537. The molecule has 0 aliphatic rings. The number of hydrogen-bond acceptors (Lipinski definition) is 2. The van der Waals surface area contributed by atoms with Crippen molar-refractivity contribution in [2.45, 2.75) is 19.9 Å². The lowest BCUT2D eigenvalue weighted by Crippen LogP contribution is -2.29. The minimum Gasteiger partial charge on any atom is -0.364 e. The Kier molecular flexibility index (Phi) is 3.74. The summed E-state index contributed by atoms with van der Waals surface area (Å²) in [4.78, 5) is 14.3. The lowest BCUT2D eigenvalue weighted by Gasteiger charge is -2.06. The molecule has 1 amide bonds. The molecule has 1 rings (SSSR count). The first-order chi connectivity index (χ1) is 6.77. The predicted octanol–water partition coefficient (Wildman–Crippen LogP) is 1.18. The first-order valence-electron chi connectivity index (χ1n) is 4.57. The van der Waals surface area contributed by atoms with Crippen molar-refractivity contribution in [2.75, 3.05) is 0 Å². The molecule has 1 atom stereocenters. The van der Waals surface area contributed by atoms with Gasteiger partial charge in [0.2, 0.25) is 5.91 Å². The van der Waals surface area contributed by atoms with E-state index in [0.717, 1.165) is 5.69 Å². The average molecular weight is 191 g/mol. The summed E-state index contributed by atoms with van der Waals surface area (Å²) in [5.74, 6) is -0.741. The van der Waals surface area contributed by atoms with E-state index in [9.17, 15) is 4.79 Å². The smallest absolute Gasteiger partial charge is 0.237 e. The highest BCUT2D eigenvalue weighted by molar-refractivity contribution is 5.80. The molecule has 1 aromatic heterocycles. The monoisotopic (exact) mass is 191 g/mol. The summed E-state index contributed by atoms with van der Waals surface area (Å²) < 4.78 is 0. The third kappa shape index (κ3) is 2.63.